The van der Waals surface area contributed by atoms with E-state index in [1.54, 1.807) is 0 Å². The van der Waals surface area contributed by atoms with Gasteiger partial charge in [-0.2, -0.15) is 18.2 Å². The Balaban J connectivity index is 2.95. The molecule has 0 atom stereocenters. The molecular formula is C8H8ClF3N2O. The van der Waals surface area contributed by atoms with Crippen molar-refractivity contribution in [3.05, 3.63) is 17.0 Å². The molecule has 0 N–H and O–H groups in total. The smallest absolute Gasteiger partial charge is 0.433 e. The molecule has 84 valence electrons. The number of rotatable bonds is 3. The Hall–Kier alpha value is -1.04. The van der Waals surface area contributed by atoms with Crippen LogP contribution >= 0.6 is 11.6 Å². The molecule has 0 bridgehead atoms. The number of aromatic nitrogens is 2. The first-order valence-electron chi connectivity index (χ1n) is 4.18. The van der Waals surface area contributed by atoms with Gasteiger partial charge in [-0.15, -0.1) is 0 Å². The summed E-state index contributed by atoms with van der Waals surface area (Å²) in [5.41, 5.74) is -1.10. The van der Waals surface area contributed by atoms with Crippen LogP contribution in [0.3, 0.4) is 0 Å². The monoisotopic (exact) mass is 240 g/mol. The van der Waals surface area contributed by atoms with E-state index >= 15 is 0 Å². The van der Waals surface area contributed by atoms with Gasteiger partial charge in [-0.1, -0.05) is 6.92 Å². The van der Waals surface area contributed by atoms with Crippen LogP contribution in [0.25, 0.3) is 0 Å². The first kappa shape index (κ1) is 12.0. The molecule has 0 aliphatic heterocycles. The predicted molar refractivity (Wildman–Crippen MR) is 47.8 cm³/mol. The second kappa shape index (κ2) is 4.65. The average molecular weight is 241 g/mol. The fourth-order valence-electron chi connectivity index (χ4n) is 0.823. The molecule has 15 heavy (non-hydrogen) atoms. The molecule has 0 spiro atoms. The van der Waals surface area contributed by atoms with Crippen LogP contribution in [0.1, 0.15) is 19.0 Å². The summed E-state index contributed by atoms with van der Waals surface area (Å²) < 4.78 is 41.7. The average Bonchev–Trinajstić information content (AvgIpc) is 2.12. The standard InChI is InChI=1S/C8H8ClF3N2O/c1-2-3-15-6-4-5(8(10,11)12)13-7(9)14-6/h4H,2-3H2,1H3. The summed E-state index contributed by atoms with van der Waals surface area (Å²) in [4.78, 5) is 6.58. The zero-order chi connectivity index (χ0) is 11.5. The van der Waals surface area contributed by atoms with Crippen LogP contribution in [-0.4, -0.2) is 16.6 Å². The Labute approximate surface area is 89.2 Å². The summed E-state index contributed by atoms with van der Waals surface area (Å²) in [5, 5.41) is -0.476. The number of nitrogens with zero attached hydrogens (tertiary/aromatic N) is 2. The third kappa shape index (κ3) is 3.54. The van der Waals surface area contributed by atoms with Gasteiger partial charge in [0.25, 0.3) is 0 Å². The first-order chi connectivity index (χ1) is 6.93. The lowest BCUT2D eigenvalue weighted by molar-refractivity contribution is -0.141. The normalized spacial score (nSPS) is 11.5. The van der Waals surface area contributed by atoms with Crippen molar-refractivity contribution in [1.82, 2.24) is 9.97 Å². The maximum Gasteiger partial charge on any atom is 0.433 e. The quantitative estimate of drug-likeness (QED) is 0.762. The molecule has 0 saturated carbocycles. The number of hydrogen-bond donors (Lipinski definition) is 0. The molecule has 1 heterocycles. The van der Waals surface area contributed by atoms with Crippen LogP contribution in [0, 0.1) is 0 Å². The topological polar surface area (TPSA) is 35.0 Å². The fourth-order valence-corrected chi connectivity index (χ4v) is 0.997. The maximum atomic E-state index is 12.3. The number of alkyl halides is 3. The SMILES string of the molecule is CCCOc1cc(C(F)(F)F)nc(Cl)n1. The van der Waals surface area contributed by atoms with Gasteiger partial charge in [-0.05, 0) is 18.0 Å². The van der Waals surface area contributed by atoms with Crippen molar-refractivity contribution in [2.24, 2.45) is 0 Å². The van der Waals surface area contributed by atoms with Crippen LogP contribution in [0.4, 0.5) is 13.2 Å². The van der Waals surface area contributed by atoms with E-state index in [-0.39, 0.29) is 12.5 Å². The van der Waals surface area contributed by atoms with E-state index in [1.807, 2.05) is 6.92 Å². The summed E-state index contributed by atoms with van der Waals surface area (Å²) in [5.74, 6) is -0.163. The lowest BCUT2D eigenvalue weighted by Crippen LogP contribution is -2.10. The molecule has 7 heteroatoms. The van der Waals surface area contributed by atoms with Crippen LogP contribution in [0.15, 0.2) is 6.07 Å². The highest BCUT2D eigenvalue weighted by Crippen LogP contribution is 2.30. The van der Waals surface area contributed by atoms with E-state index in [4.69, 9.17) is 16.3 Å². The highest BCUT2D eigenvalue weighted by atomic mass is 35.5. The minimum Gasteiger partial charge on any atom is -0.478 e. The molecule has 0 saturated heterocycles. The Morgan fingerprint density at radius 3 is 2.60 bits per heavy atom. The Bertz CT molecular complexity index is 343. The van der Waals surface area contributed by atoms with Crippen molar-refractivity contribution in [2.75, 3.05) is 6.61 Å². The number of halogens is 4. The molecule has 1 rings (SSSR count). The third-order valence-electron chi connectivity index (χ3n) is 1.42. The lowest BCUT2D eigenvalue weighted by atomic mass is 10.4. The lowest BCUT2D eigenvalue weighted by Gasteiger charge is -2.08. The molecule has 0 aromatic carbocycles. The van der Waals surface area contributed by atoms with Crippen molar-refractivity contribution >= 4 is 11.6 Å². The van der Waals surface area contributed by atoms with Gasteiger partial charge in [0.15, 0.2) is 5.69 Å². The van der Waals surface area contributed by atoms with E-state index < -0.39 is 17.2 Å². The van der Waals surface area contributed by atoms with Gasteiger partial charge in [-0.25, -0.2) is 4.98 Å². The van der Waals surface area contributed by atoms with E-state index in [1.165, 1.54) is 0 Å². The van der Waals surface area contributed by atoms with Crippen LogP contribution in [-0.2, 0) is 6.18 Å². The summed E-state index contributed by atoms with van der Waals surface area (Å²) in [6, 6.07) is 0.724. The highest BCUT2D eigenvalue weighted by Gasteiger charge is 2.33. The van der Waals surface area contributed by atoms with Crippen LogP contribution < -0.4 is 4.74 Å². The van der Waals surface area contributed by atoms with Gasteiger partial charge in [0.05, 0.1) is 6.61 Å². The second-order valence-corrected chi connectivity index (χ2v) is 3.04. The molecule has 0 radical (unpaired) electrons. The number of ether oxygens (including phenoxy) is 1. The van der Waals surface area contributed by atoms with Gasteiger partial charge < -0.3 is 4.74 Å². The molecule has 0 amide bonds. The molecule has 0 aliphatic carbocycles. The van der Waals surface area contributed by atoms with Gasteiger partial charge in [0.1, 0.15) is 0 Å². The highest BCUT2D eigenvalue weighted by molar-refractivity contribution is 6.28. The Morgan fingerprint density at radius 1 is 1.40 bits per heavy atom. The van der Waals surface area contributed by atoms with Crippen LogP contribution in [0.5, 0.6) is 5.88 Å². The van der Waals surface area contributed by atoms with E-state index in [0.717, 1.165) is 6.07 Å². The summed E-state index contributed by atoms with van der Waals surface area (Å²) >= 11 is 5.33. The molecule has 0 unspecified atom stereocenters. The molecule has 1 aromatic heterocycles. The number of hydrogen-bond acceptors (Lipinski definition) is 3. The van der Waals surface area contributed by atoms with Gasteiger partial charge >= 0.3 is 6.18 Å². The zero-order valence-corrected chi connectivity index (χ0v) is 8.56. The summed E-state index contributed by atoms with van der Waals surface area (Å²) in [6.45, 7) is 2.11. The van der Waals surface area contributed by atoms with E-state index in [2.05, 4.69) is 9.97 Å². The van der Waals surface area contributed by atoms with Crippen molar-refractivity contribution < 1.29 is 17.9 Å². The molecule has 1 aromatic rings. The van der Waals surface area contributed by atoms with Crippen molar-refractivity contribution in [2.45, 2.75) is 19.5 Å². The van der Waals surface area contributed by atoms with Crippen molar-refractivity contribution in [3.63, 3.8) is 0 Å². The molecule has 3 nitrogen and oxygen atoms in total. The first-order valence-corrected chi connectivity index (χ1v) is 4.56. The minimum absolute atomic E-state index is 0.163. The second-order valence-electron chi connectivity index (χ2n) is 2.71. The predicted octanol–water partition coefficient (Wildman–Crippen LogP) is 2.94. The summed E-state index contributed by atoms with van der Waals surface area (Å²) in [6.07, 6.45) is -3.88. The third-order valence-corrected chi connectivity index (χ3v) is 1.59. The Morgan fingerprint density at radius 2 is 2.07 bits per heavy atom. The van der Waals surface area contributed by atoms with E-state index in [0.29, 0.717) is 6.42 Å². The van der Waals surface area contributed by atoms with Crippen molar-refractivity contribution in [3.8, 4) is 5.88 Å². The summed E-state index contributed by atoms with van der Waals surface area (Å²) in [7, 11) is 0. The fraction of sp³-hybridized carbons (Fsp3) is 0.500. The maximum absolute atomic E-state index is 12.3. The minimum atomic E-state index is -4.54. The zero-order valence-electron chi connectivity index (χ0n) is 7.81. The molecule has 0 fully saturated rings. The largest absolute Gasteiger partial charge is 0.478 e. The van der Waals surface area contributed by atoms with Crippen molar-refractivity contribution in [1.29, 1.82) is 0 Å². The molecule has 0 aliphatic rings. The Kier molecular flexibility index (Phi) is 3.73. The van der Waals surface area contributed by atoms with Gasteiger partial charge in [0, 0.05) is 6.07 Å². The van der Waals surface area contributed by atoms with Gasteiger partial charge in [0.2, 0.25) is 11.2 Å². The van der Waals surface area contributed by atoms with E-state index in [9.17, 15) is 13.2 Å². The molecular weight excluding hydrogens is 233 g/mol. The van der Waals surface area contributed by atoms with Gasteiger partial charge in [-0.3, -0.25) is 0 Å². The van der Waals surface area contributed by atoms with Crippen LogP contribution in [0.2, 0.25) is 5.28 Å².